The molecule has 64 heavy (non-hydrogen) atoms. The van der Waals surface area contributed by atoms with Crippen LogP contribution in [0.25, 0.3) is 28.2 Å². The number of H-pyrrole nitrogens is 1. The van der Waals surface area contributed by atoms with Gasteiger partial charge in [0.15, 0.2) is 0 Å². The van der Waals surface area contributed by atoms with E-state index in [-0.39, 0.29) is 61.4 Å². The number of hydrogen-bond donors (Lipinski definition) is 5. The van der Waals surface area contributed by atoms with Gasteiger partial charge in [-0.1, -0.05) is 54.1 Å². The number of anilines is 1. The molecule has 1 atom stereocenters. The number of aromatic hydroxyl groups is 1. The number of ether oxygens (including phenoxy) is 1. The van der Waals surface area contributed by atoms with E-state index in [9.17, 15) is 42.3 Å². The van der Waals surface area contributed by atoms with Gasteiger partial charge >= 0.3 is 6.18 Å². The molecule has 0 radical (unpaired) electrons. The summed E-state index contributed by atoms with van der Waals surface area (Å²) in [6, 6.07) is 21.3. The van der Waals surface area contributed by atoms with Crippen LogP contribution in [0.3, 0.4) is 0 Å². The largest absolute Gasteiger partial charge is 0.493 e. The fourth-order valence-electron chi connectivity index (χ4n) is 7.73. The van der Waals surface area contributed by atoms with Crippen LogP contribution in [0.15, 0.2) is 84.9 Å². The van der Waals surface area contributed by atoms with Crippen LogP contribution in [-0.4, -0.2) is 91.6 Å². The molecule has 15 nitrogen and oxygen atoms in total. The Labute approximate surface area is 367 Å². The Morgan fingerprint density at radius 1 is 0.922 bits per heavy atom. The van der Waals surface area contributed by atoms with Gasteiger partial charge in [-0.05, 0) is 85.7 Å². The first-order valence-electron chi connectivity index (χ1n) is 20.4. The lowest BCUT2D eigenvalue weighted by Crippen LogP contribution is -2.54. The second-order valence-corrected chi connectivity index (χ2v) is 15.7. The number of piperidine rings is 1. The SMILES string of the molecule is O=C(COCCCc1ccc(CCc2c(-c3ccc(C(F)(F)F)cc3)nn(-c3nc4cc(Cl)ccc4[nH]3)c2O)cc1)NCCNc1cccc2c1C(=O)N(C1CCC(=O)NC1=O)C2=O. The number of nitrogens with one attached hydrogen (secondary N) is 4. The normalized spacial score (nSPS) is 15.2. The van der Waals surface area contributed by atoms with Gasteiger partial charge in [-0.25, -0.2) is 4.98 Å². The smallest absolute Gasteiger partial charge is 0.416 e. The Balaban J connectivity index is 0.795. The molecule has 1 saturated heterocycles. The molecule has 19 heteroatoms. The van der Waals surface area contributed by atoms with Crippen LogP contribution < -0.4 is 16.0 Å². The van der Waals surface area contributed by atoms with Crippen molar-refractivity contribution < 1.29 is 47.0 Å². The first kappa shape index (κ1) is 43.6. The van der Waals surface area contributed by atoms with Gasteiger partial charge in [0.1, 0.15) is 18.3 Å². The maximum atomic E-state index is 13.3. The van der Waals surface area contributed by atoms with Crippen LogP contribution in [0.4, 0.5) is 18.9 Å². The van der Waals surface area contributed by atoms with Gasteiger partial charge in [-0.15, -0.1) is 0 Å². The lowest BCUT2D eigenvalue weighted by atomic mass is 9.99. The van der Waals surface area contributed by atoms with Crippen molar-refractivity contribution in [2.75, 3.05) is 31.6 Å². The molecule has 1 unspecified atom stereocenters. The van der Waals surface area contributed by atoms with E-state index in [0.29, 0.717) is 70.9 Å². The van der Waals surface area contributed by atoms with Crippen molar-refractivity contribution in [3.63, 3.8) is 0 Å². The minimum Gasteiger partial charge on any atom is -0.493 e. The molecule has 5 N–H and O–H groups in total. The monoisotopic (exact) mass is 896 g/mol. The maximum Gasteiger partial charge on any atom is 0.416 e. The van der Waals surface area contributed by atoms with E-state index in [0.717, 1.165) is 28.2 Å². The number of aromatic amines is 1. The summed E-state index contributed by atoms with van der Waals surface area (Å²) in [6.07, 6.45) is -2.30. The molecule has 6 aromatic rings. The third-order valence-electron chi connectivity index (χ3n) is 11.0. The molecule has 4 aromatic carbocycles. The van der Waals surface area contributed by atoms with E-state index in [4.69, 9.17) is 16.3 Å². The molecule has 0 saturated carbocycles. The van der Waals surface area contributed by atoms with Gasteiger partial charge in [-0.2, -0.15) is 23.0 Å². The highest BCUT2D eigenvalue weighted by molar-refractivity contribution is 6.31. The predicted molar refractivity (Wildman–Crippen MR) is 228 cm³/mol. The first-order valence-corrected chi connectivity index (χ1v) is 20.8. The molecular weight excluding hydrogens is 857 g/mol. The Morgan fingerprint density at radius 3 is 2.41 bits per heavy atom. The Kier molecular flexibility index (Phi) is 12.5. The number of carbonyl (C=O) groups excluding carboxylic acids is 5. The van der Waals surface area contributed by atoms with Crippen LogP contribution in [0.1, 0.15) is 62.2 Å². The number of hydrogen-bond acceptors (Lipinski definition) is 10. The summed E-state index contributed by atoms with van der Waals surface area (Å²) in [5.74, 6) is -2.70. The van der Waals surface area contributed by atoms with E-state index < -0.39 is 41.4 Å². The number of rotatable bonds is 16. The lowest BCUT2D eigenvalue weighted by molar-refractivity contribution is -0.138. The van der Waals surface area contributed by atoms with Crippen LogP contribution >= 0.6 is 11.6 Å². The fourth-order valence-corrected chi connectivity index (χ4v) is 7.90. The summed E-state index contributed by atoms with van der Waals surface area (Å²) in [6.45, 7) is 0.613. The number of alkyl halides is 3. The van der Waals surface area contributed by atoms with Crippen molar-refractivity contribution in [2.45, 2.75) is 50.7 Å². The Hall–Kier alpha value is -7.05. The zero-order valence-corrected chi connectivity index (χ0v) is 34.7. The minimum atomic E-state index is -4.51. The number of halogens is 4. The van der Waals surface area contributed by atoms with Crippen LogP contribution in [0, 0.1) is 0 Å². The molecule has 5 amide bonds. The van der Waals surface area contributed by atoms with Gasteiger partial charge in [0.05, 0.1) is 27.7 Å². The molecule has 0 spiro atoms. The number of imide groups is 2. The number of carbonyl (C=O) groups is 5. The van der Waals surface area contributed by atoms with E-state index in [1.54, 1.807) is 30.3 Å². The quantitative estimate of drug-likeness (QED) is 0.0554. The van der Waals surface area contributed by atoms with Crippen molar-refractivity contribution in [1.29, 1.82) is 0 Å². The Bertz CT molecular complexity index is 2770. The third-order valence-corrected chi connectivity index (χ3v) is 11.2. The standard InChI is InChI=1S/C45H40ClF3N8O7/c46-29-15-17-32-34(23-29)53-44(52-32)57-42(62)31(39(55-57)27-11-13-28(14-12-27)45(47,48)49)16-10-26-8-6-25(7-9-26)3-2-22-64-24-37(59)51-21-20-50-33-5-1-4-30-38(33)43(63)56(41(30)61)35-18-19-36(58)54-40(35)60/h1,4-9,11-15,17,23,35,50,62H,2-3,10,16,18-22,24H2,(H,51,59)(H,52,53)(H,54,58,60). The molecule has 2 aliphatic heterocycles. The zero-order valence-electron chi connectivity index (χ0n) is 33.9. The maximum absolute atomic E-state index is 13.3. The van der Waals surface area contributed by atoms with E-state index >= 15 is 0 Å². The summed E-state index contributed by atoms with van der Waals surface area (Å²) in [7, 11) is 0. The molecule has 2 aromatic heterocycles. The van der Waals surface area contributed by atoms with Crippen LogP contribution in [0.5, 0.6) is 5.88 Å². The number of aromatic nitrogens is 4. The molecule has 8 rings (SSSR count). The molecule has 1 fully saturated rings. The van der Waals surface area contributed by atoms with Gasteiger partial charge in [-0.3, -0.25) is 34.2 Å². The van der Waals surface area contributed by atoms with Crippen molar-refractivity contribution in [2.24, 2.45) is 0 Å². The number of fused-ring (bicyclic) bond motifs is 2. The molecule has 330 valence electrons. The first-order chi connectivity index (χ1) is 30.7. The van der Waals surface area contributed by atoms with E-state index in [1.807, 2.05) is 24.3 Å². The van der Waals surface area contributed by atoms with Crippen LogP contribution in [0.2, 0.25) is 5.02 Å². The number of aryl methyl sites for hydroxylation is 2. The van der Waals surface area contributed by atoms with Gasteiger partial charge in [0.2, 0.25) is 29.5 Å². The minimum absolute atomic E-state index is 0.0199. The topological polar surface area (TPSA) is 201 Å². The molecule has 2 aliphatic rings. The third kappa shape index (κ3) is 9.33. The lowest BCUT2D eigenvalue weighted by Gasteiger charge is -2.27. The van der Waals surface area contributed by atoms with Gasteiger partial charge in [0, 0.05) is 48.0 Å². The summed E-state index contributed by atoms with van der Waals surface area (Å²) < 4.78 is 46.9. The van der Waals surface area contributed by atoms with Gasteiger partial charge < -0.3 is 25.5 Å². The zero-order chi connectivity index (χ0) is 45.1. The summed E-state index contributed by atoms with van der Waals surface area (Å²) in [5, 5.41) is 24.5. The highest BCUT2D eigenvalue weighted by Gasteiger charge is 2.45. The van der Waals surface area contributed by atoms with E-state index in [2.05, 4.69) is 31.0 Å². The van der Waals surface area contributed by atoms with Crippen molar-refractivity contribution in [3.8, 4) is 23.1 Å². The molecule has 4 heterocycles. The average molecular weight is 897 g/mol. The summed E-state index contributed by atoms with van der Waals surface area (Å²) in [4.78, 5) is 71.3. The highest BCUT2D eigenvalue weighted by Crippen LogP contribution is 2.36. The summed E-state index contributed by atoms with van der Waals surface area (Å²) >= 11 is 6.13. The number of amides is 5. The summed E-state index contributed by atoms with van der Waals surface area (Å²) in [5.41, 5.74) is 4.23. The number of imidazole rings is 1. The van der Waals surface area contributed by atoms with Crippen molar-refractivity contribution >= 4 is 57.9 Å². The molecule has 0 bridgehead atoms. The molecule has 0 aliphatic carbocycles. The second kappa shape index (κ2) is 18.4. The predicted octanol–water partition coefficient (Wildman–Crippen LogP) is 6.16. The van der Waals surface area contributed by atoms with E-state index in [1.165, 1.54) is 22.9 Å². The molecular formula is C45H40ClF3N8O7. The fraction of sp³-hybridized carbons (Fsp3) is 0.267. The average Bonchev–Trinajstić information content (AvgIpc) is 3.92. The van der Waals surface area contributed by atoms with Crippen molar-refractivity contribution in [1.82, 2.24) is 35.3 Å². The number of nitrogens with zero attached hydrogens (tertiary/aromatic N) is 4. The highest BCUT2D eigenvalue weighted by atomic mass is 35.5. The van der Waals surface area contributed by atoms with Crippen molar-refractivity contribution in [3.05, 3.63) is 123 Å². The Morgan fingerprint density at radius 2 is 1.67 bits per heavy atom. The van der Waals surface area contributed by atoms with Gasteiger partial charge in [0.25, 0.3) is 11.8 Å². The second-order valence-electron chi connectivity index (χ2n) is 15.3. The number of benzene rings is 4. The van der Waals surface area contributed by atoms with Crippen LogP contribution in [-0.2, 0) is 44.6 Å².